The maximum absolute atomic E-state index is 13.7. The molecule has 200 valence electrons. The standard InChI is InChI=1S/C28H32N4O6/c1-36-21-12-18(17-33)25(24(14-21)38-3)26(34)31-9-6-28(7-10-31)8-11-32(27(28)35)20-4-5-22(23(13-20)37-2)19-15-29-30-16-19/h4-5,12-16,33H,6-11,17H2,1-3H3,(H,29,30). The summed E-state index contributed by atoms with van der Waals surface area (Å²) in [5, 5.41) is 16.7. The summed E-state index contributed by atoms with van der Waals surface area (Å²) in [5.41, 5.74) is 2.88. The highest BCUT2D eigenvalue weighted by molar-refractivity contribution is 6.01. The minimum atomic E-state index is -0.503. The summed E-state index contributed by atoms with van der Waals surface area (Å²) in [4.78, 5) is 30.8. The number of hydrogen-bond donors (Lipinski definition) is 2. The number of anilines is 1. The third kappa shape index (κ3) is 4.34. The molecule has 0 saturated carbocycles. The van der Waals surface area contributed by atoms with Gasteiger partial charge in [0.05, 0.1) is 45.1 Å². The van der Waals surface area contributed by atoms with Gasteiger partial charge < -0.3 is 29.1 Å². The average Bonchev–Trinajstić information content (AvgIpc) is 3.61. The largest absolute Gasteiger partial charge is 0.497 e. The zero-order chi connectivity index (χ0) is 26.9. The lowest BCUT2D eigenvalue weighted by atomic mass is 9.77. The molecule has 38 heavy (non-hydrogen) atoms. The molecule has 3 aromatic rings. The topological polar surface area (TPSA) is 117 Å². The van der Waals surface area contributed by atoms with Crippen LogP contribution in [0.5, 0.6) is 17.2 Å². The number of hydrogen-bond acceptors (Lipinski definition) is 7. The van der Waals surface area contributed by atoms with Crippen molar-refractivity contribution in [3.05, 3.63) is 53.9 Å². The molecule has 10 heteroatoms. The Morgan fingerprint density at radius 3 is 2.39 bits per heavy atom. The van der Waals surface area contributed by atoms with Crippen LogP contribution < -0.4 is 19.1 Å². The molecule has 2 aliphatic rings. The number of aliphatic hydroxyl groups is 1. The number of nitrogens with one attached hydrogen (secondary N) is 1. The molecule has 2 saturated heterocycles. The SMILES string of the molecule is COc1cc(CO)c(C(=O)N2CCC3(CC2)CCN(c2ccc(-c4cn[nH]c4)c(OC)c2)C3=O)c(OC)c1. The van der Waals surface area contributed by atoms with E-state index < -0.39 is 5.41 Å². The van der Waals surface area contributed by atoms with Gasteiger partial charge >= 0.3 is 0 Å². The zero-order valence-corrected chi connectivity index (χ0v) is 21.8. The van der Waals surface area contributed by atoms with Crippen LogP contribution in [0, 0.1) is 5.41 Å². The Labute approximate surface area is 221 Å². The first-order valence-electron chi connectivity index (χ1n) is 12.6. The van der Waals surface area contributed by atoms with E-state index in [1.807, 2.05) is 23.1 Å². The number of methoxy groups -OCH3 is 3. The molecule has 2 fully saturated rings. The van der Waals surface area contributed by atoms with Crippen LogP contribution in [0.3, 0.4) is 0 Å². The second-order valence-electron chi connectivity index (χ2n) is 9.67. The van der Waals surface area contributed by atoms with Gasteiger partial charge in [-0.05, 0) is 43.0 Å². The van der Waals surface area contributed by atoms with E-state index in [0.717, 1.165) is 23.2 Å². The summed E-state index contributed by atoms with van der Waals surface area (Å²) < 4.78 is 16.3. The molecule has 1 aromatic heterocycles. The molecule has 0 radical (unpaired) electrons. The molecule has 0 bridgehead atoms. The number of H-pyrrole nitrogens is 1. The van der Waals surface area contributed by atoms with Gasteiger partial charge in [-0.15, -0.1) is 0 Å². The van der Waals surface area contributed by atoms with Gasteiger partial charge in [-0.1, -0.05) is 0 Å². The monoisotopic (exact) mass is 520 g/mol. The number of carbonyl (C=O) groups excluding carboxylic acids is 2. The molecule has 5 rings (SSSR count). The van der Waals surface area contributed by atoms with Crippen LogP contribution >= 0.6 is 0 Å². The van der Waals surface area contributed by atoms with Crippen molar-refractivity contribution in [1.29, 1.82) is 0 Å². The highest BCUT2D eigenvalue weighted by Gasteiger charge is 2.49. The molecule has 2 aliphatic heterocycles. The fraction of sp³-hybridized carbons (Fsp3) is 0.393. The summed E-state index contributed by atoms with van der Waals surface area (Å²) in [6.45, 7) is 1.19. The molecule has 1 spiro atoms. The van der Waals surface area contributed by atoms with Gasteiger partial charge in [-0.3, -0.25) is 14.7 Å². The van der Waals surface area contributed by atoms with E-state index in [1.54, 1.807) is 36.5 Å². The number of piperidine rings is 1. The quantitative estimate of drug-likeness (QED) is 0.491. The van der Waals surface area contributed by atoms with Crippen molar-refractivity contribution in [3.8, 4) is 28.4 Å². The van der Waals surface area contributed by atoms with E-state index in [4.69, 9.17) is 14.2 Å². The first kappa shape index (κ1) is 25.6. The van der Waals surface area contributed by atoms with Crippen LogP contribution in [0.2, 0.25) is 0 Å². The normalized spacial score (nSPS) is 16.7. The Hall–Kier alpha value is -4.05. The van der Waals surface area contributed by atoms with E-state index >= 15 is 0 Å². The molecule has 0 atom stereocenters. The van der Waals surface area contributed by atoms with Crippen molar-refractivity contribution >= 4 is 17.5 Å². The fourth-order valence-electron chi connectivity index (χ4n) is 5.60. The number of benzene rings is 2. The number of rotatable bonds is 7. The minimum Gasteiger partial charge on any atom is -0.497 e. The maximum Gasteiger partial charge on any atom is 0.257 e. The van der Waals surface area contributed by atoms with Crippen molar-refractivity contribution in [3.63, 3.8) is 0 Å². The number of likely N-dealkylation sites (tertiary alicyclic amines) is 1. The van der Waals surface area contributed by atoms with Crippen LogP contribution in [-0.4, -0.2) is 73.0 Å². The van der Waals surface area contributed by atoms with Crippen LogP contribution in [0.1, 0.15) is 35.2 Å². The number of aromatic nitrogens is 2. The van der Waals surface area contributed by atoms with Crippen molar-refractivity contribution in [2.45, 2.75) is 25.9 Å². The van der Waals surface area contributed by atoms with Gasteiger partial charge in [-0.25, -0.2) is 0 Å². The first-order chi connectivity index (χ1) is 18.4. The number of aromatic amines is 1. The molecule has 2 N–H and O–H groups in total. The van der Waals surface area contributed by atoms with Crippen molar-refractivity contribution in [2.75, 3.05) is 45.9 Å². The van der Waals surface area contributed by atoms with E-state index in [0.29, 0.717) is 60.9 Å². The second kappa shape index (κ2) is 10.4. The Balaban J connectivity index is 1.32. The van der Waals surface area contributed by atoms with Crippen LogP contribution in [0.4, 0.5) is 5.69 Å². The summed E-state index contributed by atoms with van der Waals surface area (Å²) in [7, 11) is 4.62. The molecular weight excluding hydrogens is 488 g/mol. The minimum absolute atomic E-state index is 0.0841. The van der Waals surface area contributed by atoms with Crippen LogP contribution in [0.25, 0.3) is 11.1 Å². The summed E-state index contributed by atoms with van der Waals surface area (Å²) in [6.07, 6.45) is 5.41. The van der Waals surface area contributed by atoms with Crippen LogP contribution in [-0.2, 0) is 11.4 Å². The van der Waals surface area contributed by atoms with E-state index in [1.165, 1.54) is 14.2 Å². The molecule has 2 aromatic carbocycles. The molecule has 2 amide bonds. The third-order valence-electron chi connectivity index (χ3n) is 7.82. The molecule has 0 aliphatic carbocycles. The van der Waals surface area contributed by atoms with Crippen molar-refractivity contribution < 1.29 is 28.9 Å². The van der Waals surface area contributed by atoms with E-state index in [9.17, 15) is 14.7 Å². The summed E-state index contributed by atoms with van der Waals surface area (Å²) in [5.74, 6) is 1.40. The zero-order valence-electron chi connectivity index (χ0n) is 21.8. The summed E-state index contributed by atoms with van der Waals surface area (Å²) >= 11 is 0. The predicted molar refractivity (Wildman–Crippen MR) is 141 cm³/mol. The lowest BCUT2D eigenvalue weighted by molar-refractivity contribution is -0.127. The molecule has 3 heterocycles. The maximum atomic E-state index is 13.7. The lowest BCUT2D eigenvalue weighted by Gasteiger charge is -2.38. The number of aliphatic hydroxyl groups excluding tert-OH is 1. The highest BCUT2D eigenvalue weighted by atomic mass is 16.5. The van der Waals surface area contributed by atoms with Crippen molar-refractivity contribution in [1.82, 2.24) is 15.1 Å². The number of amides is 2. The molecule has 10 nitrogen and oxygen atoms in total. The van der Waals surface area contributed by atoms with Gasteiger partial charge in [0.1, 0.15) is 17.2 Å². The lowest BCUT2D eigenvalue weighted by Crippen LogP contribution is -2.47. The number of carbonyl (C=O) groups is 2. The van der Waals surface area contributed by atoms with Crippen molar-refractivity contribution in [2.24, 2.45) is 5.41 Å². The Kier molecular flexibility index (Phi) is 6.98. The van der Waals surface area contributed by atoms with Gasteiger partial charge in [0.15, 0.2) is 0 Å². The predicted octanol–water partition coefficient (Wildman–Crippen LogP) is 3.25. The van der Waals surface area contributed by atoms with Gasteiger partial charge in [0, 0.05) is 54.8 Å². The highest BCUT2D eigenvalue weighted by Crippen LogP contribution is 2.45. The Morgan fingerprint density at radius 2 is 1.76 bits per heavy atom. The molecule has 0 unspecified atom stereocenters. The average molecular weight is 521 g/mol. The fourth-order valence-corrected chi connectivity index (χ4v) is 5.60. The van der Waals surface area contributed by atoms with E-state index in [-0.39, 0.29) is 18.4 Å². The Morgan fingerprint density at radius 1 is 1.03 bits per heavy atom. The third-order valence-corrected chi connectivity index (χ3v) is 7.82. The van der Waals surface area contributed by atoms with Gasteiger partial charge in [0.25, 0.3) is 5.91 Å². The van der Waals surface area contributed by atoms with Crippen LogP contribution in [0.15, 0.2) is 42.7 Å². The smallest absolute Gasteiger partial charge is 0.257 e. The number of ether oxygens (including phenoxy) is 3. The summed E-state index contributed by atoms with van der Waals surface area (Å²) in [6, 6.07) is 9.06. The van der Waals surface area contributed by atoms with Gasteiger partial charge in [-0.2, -0.15) is 5.10 Å². The molecular formula is C28H32N4O6. The first-order valence-corrected chi connectivity index (χ1v) is 12.6. The van der Waals surface area contributed by atoms with E-state index in [2.05, 4.69) is 10.2 Å². The van der Waals surface area contributed by atoms with Gasteiger partial charge in [0.2, 0.25) is 5.91 Å². The Bertz CT molecular complexity index is 1310. The number of nitrogens with zero attached hydrogens (tertiary/aromatic N) is 3. The second-order valence-corrected chi connectivity index (χ2v) is 9.67.